The maximum absolute atomic E-state index is 13.5. The van der Waals surface area contributed by atoms with E-state index in [1.54, 1.807) is 23.0 Å². The van der Waals surface area contributed by atoms with E-state index in [9.17, 15) is 19.2 Å². The number of hydrogen-bond donors (Lipinski definition) is 4. The summed E-state index contributed by atoms with van der Waals surface area (Å²) in [5, 5.41) is 5.35. The van der Waals surface area contributed by atoms with Crippen molar-refractivity contribution in [2.45, 2.75) is 77.2 Å². The standard InChI is InChI=1S/C40H50N8O7/c1-24(2)34(46-40(52)54-5)38(50)48-19-8-10-32(48)36-41-21-30(43-36)27-15-11-25(12-16-27)26-13-17-28(18-14-26)35-31-23-55-20-7-6-9-29(44-39(51)53-4)37(49)47(3)22-33(42-31)45-35/h11-18,21,24,29,32,34H,6-10,19-20,22-23H2,1-5H3,(H,41,43)(H,42,45)(H,44,51)(H,46,52)/t29-,32-,34-/m0/s1. The molecule has 15 nitrogen and oxygen atoms in total. The van der Waals surface area contributed by atoms with Crippen molar-refractivity contribution < 1.29 is 33.4 Å². The average molecular weight is 755 g/mol. The van der Waals surface area contributed by atoms with Gasteiger partial charge in [0.1, 0.15) is 23.7 Å². The summed E-state index contributed by atoms with van der Waals surface area (Å²) in [6.45, 7) is 5.47. The van der Waals surface area contributed by atoms with Crippen LogP contribution >= 0.6 is 0 Å². The van der Waals surface area contributed by atoms with E-state index in [4.69, 9.17) is 19.2 Å². The number of benzene rings is 2. The Hall–Kier alpha value is -5.70. The predicted molar refractivity (Wildman–Crippen MR) is 204 cm³/mol. The van der Waals surface area contributed by atoms with Gasteiger partial charge in [-0.05, 0) is 54.7 Å². The van der Waals surface area contributed by atoms with Crippen LogP contribution in [-0.4, -0.2) is 100 Å². The molecule has 4 aromatic rings. The first-order valence-electron chi connectivity index (χ1n) is 18.7. The van der Waals surface area contributed by atoms with Crippen LogP contribution in [0, 0.1) is 5.92 Å². The molecule has 292 valence electrons. The fourth-order valence-electron chi connectivity index (χ4n) is 7.14. The molecule has 1 fully saturated rings. The van der Waals surface area contributed by atoms with Crippen molar-refractivity contribution in [3.63, 3.8) is 0 Å². The Morgan fingerprint density at radius 2 is 1.56 bits per heavy atom. The highest BCUT2D eigenvalue weighted by Crippen LogP contribution is 2.34. The van der Waals surface area contributed by atoms with E-state index in [2.05, 4.69) is 49.9 Å². The van der Waals surface area contributed by atoms with E-state index in [1.807, 2.05) is 38.1 Å². The number of alkyl carbamates (subject to hydrolysis) is 2. The molecule has 4 amide bonds. The number of methoxy groups -OCH3 is 2. The number of aromatic amines is 2. The highest BCUT2D eigenvalue weighted by atomic mass is 16.5. The van der Waals surface area contributed by atoms with Crippen LogP contribution in [0.15, 0.2) is 54.7 Å². The molecule has 2 aliphatic heterocycles. The minimum Gasteiger partial charge on any atom is -0.453 e. The molecule has 1 saturated heterocycles. The summed E-state index contributed by atoms with van der Waals surface area (Å²) in [7, 11) is 4.26. The van der Waals surface area contributed by atoms with Gasteiger partial charge < -0.3 is 44.6 Å². The Morgan fingerprint density at radius 1 is 0.891 bits per heavy atom. The van der Waals surface area contributed by atoms with Crippen molar-refractivity contribution >= 4 is 24.0 Å². The normalized spacial score (nSPS) is 18.5. The van der Waals surface area contributed by atoms with E-state index in [1.165, 1.54) is 14.2 Å². The van der Waals surface area contributed by atoms with Gasteiger partial charge in [0, 0.05) is 25.8 Å². The van der Waals surface area contributed by atoms with Crippen molar-refractivity contribution in [3.05, 3.63) is 72.1 Å². The van der Waals surface area contributed by atoms with Crippen molar-refractivity contribution in [1.29, 1.82) is 0 Å². The number of carbonyl (C=O) groups is 4. The quantitative estimate of drug-likeness (QED) is 0.179. The van der Waals surface area contributed by atoms with Gasteiger partial charge in [-0.15, -0.1) is 0 Å². The second-order valence-corrected chi connectivity index (χ2v) is 14.3. The molecule has 2 aromatic carbocycles. The van der Waals surface area contributed by atoms with Crippen LogP contribution in [0.1, 0.15) is 69.3 Å². The Morgan fingerprint density at radius 3 is 2.24 bits per heavy atom. The van der Waals surface area contributed by atoms with Gasteiger partial charge in [0.2, 0.25) is 11.8 Å². The van der Waals surface area contributed by atoms with Crippen LogP contribution in [0.3, 0.4) is 0 Å². The van der Waals surface area contributed by atoms with E-state index >= 15 is 0 Å². The van der Waals surface area contributed by atoms with Crippen LogP contribution < -0.4 is 10.6 Å². The van der Waals surface area contributed by atoms with Crippen LogP contribution in [0.4, 0.5) is 9.59 Å². The summed E-state index contributed by atoms with van der Waals surface area (Å²) in [6, 6.07) is 14.8. The number of imidazole rings is 2. The fraction of sp³-hybridized carbons (Fsp3) is 0.450. The monoisotopic (exact) mass is 754 g/mol. The van der Waals surface area contributed by atoms with Gasteiger partial charge in [-0.25, -0.2) is 19.6 Å². The molecule has 6 rings (SSSR count). The molecule has 4 N–H and O–H groups in total. The Kier molecular flexibility index (Phi) is 12.5. The molecule has 0 radical (unpaired) electrons. The van der Waals surface area contributed by atoms with E-state index in [0.717, 1.165) is 58.6 Å². The third kappa shape index (κ3) is 9.16. The maximum Gasteiger partial charge on any atom is 0.407 e. The van der Waals surface area contributed by atoms with Gasteiger partial charge in [-0.3, -0.25) is 9.59 Å². The zero-order chi connectivity index (χ0) is 39.1. The first-order valence-corrected chi connectivity index (χ1v) is 18.7. The topological polar surface area (TPSA) is 184 Å². The number of rotatable bonds is 8. The Bertz CT molecular complexity index is 1960. The minimum atomic E-state index is -0.701. The zero-order valence-electron chi connectivity index (χ0n) is 32.0. The third-order valence-electron chi connectivity index (χ3n) is 10.2. The highest BCUT2D eigenvalue weighted by molar-refractivity contribution is 5.87. The molecule has 0 aliphatic carbocycles. The van der Waals surface area contributed by atoms with Gasteiger partial charge in [0.05, 0.1) is 56.7 Å². The lowest BCUT2D eigenvalue weighted by atomic mass is 10.0. The molecule has 2 aliphatic rings. The largest absolute Gasteiger partial charge is 0.453 e. The molecule has 2 aromatic heterocycles. The second kappa shape index (κ2) is 17.6. The molecular weight excluding hydrogens is 704 g/mol. The summed E-state index contributed by atoms with van der Waals surface area (Å²) in [4.78, 5) is 70.3. The summed E-state index contributed by atoms with van der Waals surface area (Å²) < 4.78 is 15.5. The number of fused-ring (bicyclic) bond motifs is 2. The molecule has 15 heteroatoms. The average Bonchev–Trinajstić information content (AvgIpc) is 3.97. The summed E-state index contributed by atoms with van der Waals surface area (Å²) in [5.41, 5.74) is 6.39. The smallest absolute Gasteiger partial charge is 0.407 e. The SMILES string of the molecule is COC(=O)N[C@H]1CCCCOCc2[nH]c(nc2-c2ccc(-c3ccc(-c4cnc([C@@H]5CCCN5C(=O)[C@@H](NC(=O)OC)C(C)C)[nH]4)cc3)cc2)CN(C)C1=O. The van der Waals surface area contributed by atoms with E-state index < -0.39 is 24.3 Å². The van der Waals surface area contributed by atoms with Crippen molar-refractivity contribution in [2.24, 2.45) is 5.92 Å². The number of amides is 4. The van der Waals surface area contributed by atoms with Gasteiger partial charge in [0.15, 0.2) is 0 Å². The minimum absolute atomic E-state index is 0.109. The number of likely N-dealkylation sites (tertiary alicyclic amines) is 1. The number of carbonyl (C=O) groups excluding carboxylic acids is 4. The van der Waals surface area contributed by atoms with E-state index in [0.29, 0.717) is 44.2 Å². The van der Waals surface area contributed by atoms with Crippen LogP contribution in [0.2, 0.25) is 0 Å². The number of H-pyrrole nitrogens is 2. The summed E-state index contributed by atoms with van der Waals surface area (Å²) in [6.07, 6.45) is 4.07. The van der Waals surface area contributed by atoms with Gasteiger partial charge >= 0.3 is 12.2 Å². The first kappa shape index (κ1) is 39.0. The van der Waals surface area contributed by atoms with Crippen LogP contribution in [0.5, 0.6) is 0 Å². The fourth-order valence-corrected chi connectivity index (χ4v) is 7.14. The lowest BCUT2D eigenvalue weighted by Gasteiger charge is -2.30. The lowest BCUT2D eigenvalue weighted by Crippen LogP contribution is -2.51. The molecule has 4 heterocycles. The van der Waals surface area contributed by atoms with Crippen molar-refractivity contribution in [1.82, 2.24) is 40.4 Å². The van der Waals surface area contributed by atoms with Gasteiger partial charge in [-0.1, -0.05) is 62.4 Å². The Balaban J connectivity index is 1.14. The number of nitrogens with one attached hydrogen (secondary N) is 4. The van der Waals surface area contributed by atoms with Crippen LogP contribution in [-0.2, 0) is 37.0 Å². The lowest BCUT2D eigenvalue weighted by molar-refractivity contribution is -0.135. The molecule has 0 spiro atoms. The first-order chi connectivity index (χ1) is 26.6. The van der Waals surface area contributed by atoms with Crippen LogP contribution in [0.25, 0.3) is 33.6 Å². The van der Waals surface area contributed by atoms with Gasteiger partial charge in [0.25, 0.3) is 0 Å². The zero-order valence-corrected chi connectivity index (χ0v) is 32.0. The van der Waals surface area contributed by atoms with Crippen molar-refractivity contribution in [2.75, 3.05) is 34.4 Å². The highest BCUT2D eigenvalue weighted by Gasteiger charge is 2.37. The number of nitrogens with zero attached hydrogens (tertiary/aromatic N) is 4. The number of aromatic nitrogens is 4. The summed E-state index contributed by atoms with van der Waals surface area (Å²) in [5.74, 6) is 0.862. The number of likely N-dealkylation sites (N-methyl/N-ethyl adjacent to an activating group) is 1. The molecule has 2 bridgehead atoms. The predicted octanol–water partition coefficient (Wildman–Crippen LogP) is 5.56. The number of ether oxygens (including phenoxy) is 3. The molecule has 55 heavy (non-hydrogen) atoms. The van der Waals surface area contributed by atoms with E-state index in [-0.39, 0.29) is 30.3 Å². The molecular formula is C40H50N8O7. The molecule has 3 atom stereocenters. The second-order valence-electron chi connectivity index (χ2n) is 14.3. The molecule has 0 unspecified atom stereocenters. The third-order valence-corrected chi connectivity index (χ3v) is 10.2. The maximum atomic E-state index is 13.5. The van der Waals surface area contributed by atoms with Gasteiger partial charge in [-0.2, -0.15) is 0 Å². The Labute approximate surface area is 320 Å². The molecule has 0 saturated carbocycles. The van der Waals surface area contributed by atoms with Crippen molar-refractivity contribution in [3.8, 4) is 33.6 Å². The number of hydrogen-bond acceptors (Lipinski definition) is 9. The summed E-state index contributed by atoms with van der Waals surface area (Å²) >= 11 is 0.